The van der Waals surface area contributed by atoms with E-state index in [1.54, 1.807) is 0 Å². The van der Waals surface area contributed by atoms with E-state index < -0.39 is 11.6 Å². The van der Waals surface area contributed by atoms with E-state index in [9.17, 15) is 5.11 Å². The van der Waals surface area contributed by atoms with E-state index in [4.69, 9.17) is 5.26 Å². The molecule has 13 heavy (non-hydrogen) atoms. The lowest BCUT2D eigenvalue weighted by Crippen LogP contribution is -2.52. The van der Waals surface area contributed by atoms with Crippen molar-refractivity contribution in [2.24, 2.45) is 0 Å². The molecule has 0 radical (unpaired) electrons. The molecule has 0 amide bonds. The highest BCUT2D eigenvalue weighted by molar-refractivity contribution is 5.10. The molecule has 3 nitrogen and oxygen atoms in total. The van der Waals surface area contributed by atoms with Crippen molar-refractivity contribution in [3.63, 3.8) is 0 Å². The molecule has 3 heteroatoms. The number of nitriles is 1. The summed E-state index contributed by atoms with van der Waals surface area (Å²) in [7, 11) is 3.68. The molecule has 0 spiro atoms. The largest absolute Gasteiger partial charge is 0.390 e. The number of aliphatic hydroxyl groups is 1. The molecule has 0 heterocycles. The zero-order chi connectivity index (χ0) is 10.5. The number of hydrogen-bond donors (Lipinski definition) is 1. The Morgan fingerprint density at radius 3 is 2.23 bits per heavy atom. The van der Waals surface area contributed by atoms with Gasteiger partial charge < -0.3 is 5.11 Å². The average Bonchev–Trinajstić information content (AvgIpc) is 2.07. The van der Waals surface area contributed by atoms with Crippen molar-refractivity contribution in [2.45, 2.75) is 44.8 Å². The van der Waals surface area contributed by atoms with Gasteiger partial charge in [-0.25, -0.2) is 0 Å². The first-order chi connectivity index (χ1) is 6.05. The summed E-state index contributed by atoms with van der Waals surface area (Å²) >= 11 is 0. The van der Waals surface area contributed by atoms with Crippen LogP contribution >= 0.6 is 0 Å². The van der Waals surface area contributed by atoms with Crippen molar-refractivity contribution in [3.8, 4) is 6.07 Å². The maximum Gasteiger partial charge on any atom is 0.134 e. The average molecular weight is 184 g/mol. The van der Waals surface area contributed by atoms with E-state index in [1.807, 2.05) is 32.8 Å². The minimum atomic E-state index is -0.712. The van der Waals surface area contributed by atoms with Gasteiger partial charge in [0.15, 0.2) is 0 Å². The van der Waals surface area contributed by atoms with Crippen LogP contribution in [-0.2, 0) is 0 Å². The summed E-state index contributed by atoms with van der Waals surface area (Å²) in [5, 5.41) is 19.0. The van der Waals surface area contributed by atoms with Gasteiger partial charge in [0, 0.05) is 0 Å². The molecule has 0 rings (SSSR count). The van der Waals surface area contributed by atoms with Gasteiger partial charge in [-0.1, -0.05) is 20.3 Å². The molecular weight excluding hydrogens is 164 g/mol. The molecule has 0 aromatic carbocycles. The fraction of sp³-hybridized carbons (Fsp3) is 0.900. The van der Waals surface area contributed by atoms with Gasteiger partial charge in [0.1, 0.15) is 5.54 Å². The molecule has 76 valence electrons. The van der Waals surface area contributed by atoms with Crippen LogP contribution < -0.4 is 0 Å². The molecule has 1 N–H and O–H groups in total. The van der Waals surface area contributed by atoms with Crippen molar-refractivity contribution >= 4 is 0 Å². The molecule has 0 aliphatic rings. The van der Waals surface area contributed by atoms with Crippen molar-refractivity contribution in [2.75, 3.05) is 14.1 Å². The predicted octanol–water partition coefficient (Wildman–Crippen LogP) is 1.38. The van der Waals surface area contributed by atoms with Gasteiger partial charge in [-0.05, 0) is 26.9 Å². The Bertz CT molecular complexity index is 186. The number of nitrogens with zero attached hydrogens (tertiary/aromatic N) is 2. The van der Waals surface area contributed by atoms with Crippen molar-refractivity contribution < 1.29 is 5.11 Å². The molecular formula is C10H20N2O. The van der Waals surface area contributed by atoms with Gasteiger partial charge in [0.2, 0.25) is 0 Å². The zero-order valence-corrected chi connectivity index (χ0v) is 9.04. The van der Waals surface area contributed by atoms with E-state index in [-0.39, 0.29) is 0 Å². The number of likely N-dealkylation sites (N-methyl/N-ethyl adjacent to an activating group) is 1. The van der Waals surface area contributed by atoms with E-state index in [0.717, 1.165) is 6.42 Å². The summed E-state index contributed by atoms with van der Waals surface area (Å²) in [5.74, 6) is 0. The molecule has 0 bridgehead atoms. The van der Waals surface area contributed by atoms with Crippen LogP contribution in [0.2, 0.25) is 0 Å². The monoisotopic (exact) mass is 184 g/mol. The number of rotatable bonds is 5. The van der Waals surface area contributed by atoms with Crippen LogP contribution in [0, 0.1) is 11.3 Å². The second-order valence-corrected chi connectivity index (χ2v) is 3.59. The van der Waals surface area contributed by atoms with Gasteiger partial charge in [-0.2, -0.15) is 5.26 Å². The Morgan fingerprint density at radius 2 is 2.00 bits per heavy atom. The highest BCUT2D eigenvalue weighted by atomic mass is 16.3. The lowest BCUT2D eigenvalue weighted by atomic mass is 9.87. The summed E-state index contributed by atoms with van der Waals surface area (Å²) in [5.41, 5.74) is -0.712. The second kappa shape index (κ2) is 5.21. The Labute approximate surface area is 81.0 Å². The third-order valence-electron chi connectivity index (χ3n) is 2.64. The topological polar surface area (TPSA) is 47.3 Å². The summed E-state index contributed by atoms with van der Waals surface area (Å²) in [4.78, 5) is 1.81. The Morgan fingerprint density at radius 1 is 1.46 bits per heavy atom. The van der Waals surface area contributed by atoms with Crippen molar-refractivity contribution in [1.82, 2.24) is 4.90 Å². The van der Waals surface area contributed by atoms with Crippen LogP contribution in [0.3, 0.4) is 0 Å². The molecule has 2 unspecified atom stereocenters. The minimum Gasteiger partial charge on any atom is -0.390 e. The summed E-state index contributed by atoms with van der Waals surface area (Å²) < 4.78 is 0. The standard InChI is InChI=1S/C10H20N2O/c1-5-7-9(13)10(6-2,8-11)12(3)4/h9,13H,5-7H2,1-4H3. The van der Waals surface area contributed by atoms with Gasteiger partial charge in [-0.15, -0.1) is 0 Å². The molecule has 0 saturated carbocycles. The molecule has 0 fully saturated rings. The van der Waals surface area contributed by atoms with Gasteiger partial charge in [0.25, 0.3) is 0 Å². The maximum absolute atomic E-state index is 9.87. The number of hydrogen-bond acceptors (Lipinski definition) is 3. The van der Waals surface area contributed by atoms with E-state index in [2.05, 4.69) is 6.07 Å². The molecule has 0 aliphatic heterocycles. The SMILES string of the molecule is CCCC(O)C(C#N)(CC)N(C)C. The Balaban J connectivity index is 4.67. The van der Waals surface area contributed by atoms with Crippen LogP contribution in [0.1, 0.15) is 33.1 Å². The van der Waals surface area contributed by atoms with Crippen LogP contribution in [0.25, 0.3) is 0 Å². The minimum absolute atomic E-state index is 0.553. The Hall–Kier alpha value is -0.590. The van der Waals surface area contributed by atoms with Crippen LogP contribution in [0.5, 0.6) is 0 Å². The van der Waals surface area contributed by atoms with Gasteiger partial charge in [0.05, 0.1) is 12.2 Å². The van der Waals surface area contributed by atoms with Crippen LogP contribution in [0.4, 0.5) is 0 Å². The Kier molecular flexibility index (Phi) is 4.97. The van der Waals surface area contributed by atoms with Crippen molar-refractivity contribution in [3.05, 3.63) is 0 Å². The van der Waals surface area contributed by atoms with E-state index in [0.29, 0.717) is 12.8 Å². The summed E-state index contributed by atoms with van der Waals surface area (Å²) in [6.45, 7) is 3.94. The first-order valence-corrected chi connectivity index (χ1v) is 4.81. The van der Waals surface area contributed by atoms with Crippen LogP contribution in [-0.4, -0.2) is 35.7 Å². The van der Waals surface area contributed by atoms with Gasteiger partial charge in [-0.3, -0.25) is 4.90 Å². The quantitative estimate of drug-likeness (QED) is 0.702. The molecule has 0 aliphatic carbocycles. The summed E-state index contributed by atoms with van der Waals surface area (Å²) in [6, 6.07) is 2.23. The lowest BCUT2D eigenvalue weighted by Gasteiger charge is -2.36. The molecule has 0 aromatic rings. The van der Waals surface area contributed by atoms with E-state index >= 15 is 0 Å². The normalized spacial score (nSPS) is 17.9. The third kappa shape index (κ3) is 2.43. The molecule has 0 aromatic heterocycles. The number of aliphatic hydroxyl groups excluding tert-OH is 1. The van der Waals surface area contributed by atoms with Crippen LogP contribution in [0.15, 0.2) is 0 Å². The van der Waals surface area contributed by atoms with Gasteiger partial charge >= 0.3 is 0 Å². The molecule has 0 saturated heterocycles. The first kappa shape index (κ1) is 12.4. The fourth-order valence-electron chi connectivity index (χ4n) is 1.62. The zero-order valence-electron chi connectivity index (χ0n) is 9.04. The fourth-order valence-corrected chi connectivity index (χ4v) is 1.62. The predicted molar refractivity (Wildman–Crippen MR) is 53.2 cm³/mol. The third-order valence-corrected chi connectivity index (χ3v) is 2.64. The second-order valence-electron chi connectivity index (χ2n) is 3.59. The first-order valence-electron chi connectivity index (χ1n) is 4.81. The molecule has 2 atom stereocenters. The van der Waals surface area contributed by atoms with E-state index in [1.165, 1.54) is 0 Å². The highest BCUT2D eigenvalue weighted by Crippen LogP contribution is 2.23. The maximum atomic E-state index is 9.87. The lowest BCUT2D eigenvalue weighted by molar-refractivity contribution is 0.0220. The van der Waals surface area contributed by atoms with Crippen molar-refractivity contribution in [1.29, 1.82) is 5.26 Å². The smallest absolute Gasteiger partial charge is 0.134 e. The summed E-state index contributed by atoms with van der Waals surface area (Å²) in [6.07, 6.45) is 1.68. The highest BCUT2D eigenvalue weighted by Gasteiger charge is 2.38.